The Labute approximate surface area is 114 Å². The molecule has 1 saturated heterocycles. The summed E-state index contributed by atoms with van der Waals surface area (Å²) in [5.41, 5.74) is 2.40. The van der Waals surface area contributed by atoms with Crippen LogP contribution in [0.3, 0.4) is 0 Å². The van der Waals surface area contributed by atoms with Crippen LogP contribution in [0.4, 0.5) is 5.69 Å². The first-order valence-electron chi connectivity index (χ1n) is 7.08. The molecule has 0 saturated carbocycles. The second-order valence-corrected chi connectivity index (χ2v) is 5.56. The van der Waals surface area contributed by atoms with Gasteiger partial charge in [0, 0.05) is 37.3 Å². The minimum absolute atomic E-state index is 0.543. The highest BCUT2D eigenvalue weighted by atomic mass is 15.2. The van der Waals surface area contributed by atoms with Crippen LogP contribution in [0.15, 0.2) is 36.5 Å². The minimum Gasteiger partial charge on any atom is -0.364 e. The van der Waals surface area contributed by atoms with Gasteiger partial charge in [0.05, 0.1) is 11.2 Å². The summed E-state index contributed by atoms with van der Waals surface area (Å²) >= 11 is 0. The van der Waals surface area contributed by atoms with E-state index in [0.29, 0.717) is 12.0 Å². The third kappa shape index (κ3) is 2.30. The zero-order valence-electron chi connectivity index (χ0n) is 11.6. The first-order valence-corrected chi connectivity index (χ1v) is 7.08. The molecule has 100 valence electrons. The maximum atomic E-state index is 4.59. The van der Waals surface area contributed by atoms with Gasteiger partial charge in [-0.15, -0.1) is 0 Å². The van der Waals surface area contributed by atoms with Crippen LogP contribution < -0.4 is 10.2 Å². The Balaban J connectivity index is 2.07. The van der Waals surface area contributed by atoms with E-state index in [1.165, 1.54) is 11.1 Å². The molecule has 2 heterocycles. The molecule has 1 aromatic carbocycles. The molecule has 3 heteroatoms. The second-order valence-electron chi connectivity index (χ2n) is 5.56. The third-order valence-corrected chi connectivity index (χ3v) is 3.97. The van der Waals surface area contributed by atoms with E-state index in [0.717, 1.165) is 25.2 Å². The number of piperazine rings is 1. The zero-order chi connectivity index (χ0) is 13.2. The van der Waals surface area contributed by atoms with Crippen molar-refractivity contribution in [1.29, 1.82) is 0 Å². The quantitative estimate of drug-likeness (QED) is 0.894. The number of hydrogen-bond donors (Lipinski definition) is 1. The fourth-order valence-electron chi connectivity index (χ4n) is 2.94. The van der Waals surface area contributed by atoms with E-state index in [1.807, 2.05) is 12.3 Å². The van der Waals surface area contributed by atoms with Gasteiger partial charge in [-0.1, -0.05) is 32.0 Å². The maximum absolute atomic E-state index is 4.59. The molecule has 2 aromatic rings. The first kappa shape index (κ1) is 12.4. The Morgan fingerprint density at radius 3 is 2.95 bits per heavy atom. The molecule has 19 heavy (non-hydrogen) atoms. The summed E-state index contributed by atoms with van der Waals surface area (Å²) in [7, 11) is 0. The molecule has 1 aliphatic heterocycles. The number of nitrogens with zero attached hydrogens (tertiary/aromatic N) is 2. The number of hydrogen-bond acceptors (Lipinski definition) is 3. The lowest BCUT2D eigenvalue weighted by molar-refractivity contribution is 0.391. The summed E-state index contributed by atoms with van der Waals surface area (Å²) in [6.07, 6.45) is 1.89. The van der Waals surface area contributed by atoms with E-state index < -0.39 is 0 Å². The summed E-state index contributed by atoms with van der Waals surface area (Å²) in [6.45, 7) is 7.75. The van der Waals surface area contributed by atoms with Gasteiger partial charge >= 0.3 is 0 Å². The Bertz CT molecular complexity index is 559. The summed E-state index contributed by atoms with van der Waals surface area (Å²) in [5, 5.41) is 4.73. The summed E-state index contributed by atoms with van der Waals surface area (Å²) in [6, 6.07) is 11.2. The largest absolute Gasteiger partial charge is 0.364 e. The standard InChI is InChI=1S/C16H21N3/c1-12(2)15-11-17-9-10-19(15)14-7-3-5-13-6-4-8-18-16(13)14/h3-8,12,15,17H,9-11H2,1-2H3. The fourth-order valence-corrected chi connectivity index (χ4v) is 2.94. The normalized spacial score (nSPS) is 20.2. The van der Waals surface area contributed by atoms with Crippen LogP contribution in [-0.4, -0.2) is 30.7 Å². The monoisotopic (exact) mass is 255 g/mol. The number of fused-ring (bicyclic) bond motifs is 1. The molecule has 0 aliphatic carbocycles. The molecule has 3 nitrogen and oxygen atoms in total. The summed E-state index contributed by atoms with van der Waals surface area (Å²) in [4.78, 5) is 7.11. The number of benzene rings is 1. The van der Waals surface area contributed by atoms with E-state index in [9.17, 15) is 0 Å². The Morgan fingerprint density at radius 2 is 2.11 bits per heavy atom. The van der Waals surface area contributed by atoms with Gasteiger partial charge in [0.2, 0.25) is 0 Å². The number of para-hydroxylation sites is 1. The van der Waals surface area contributed by atoms with Gasteiger partial charge in [-0.3, -0.25) is 4.98 Å². The Kier molecular flexibility index (Phi) is 3.38. The lowest BCUT2D eigenvalue weighted by Crippen LogP contribution is -2.53. The predicted octanol–water partition coefficient (Wildman–Crippen LogP) is 2.67. The van der Waals surface area contributed by atoms with E-state index >= 15 is 0 Å². The van der Waals surface area contributed by atoms with Gasteiger partial charge in [-0.2, -0.15) is 0 Å². The van der Waals surface area contributed by atoms with E-state index in [-0.39, 0.29) is 0 Å². The summed E-state index contributed by atoms with van der Waals surface area (Å²) < 4.78 is 0. The van der Waals surface area contributed by atoms with E-state index in [2.05, 4.69) is 53.3 Å². The molecule has 1 fully saturated rings. The molecule has 1 unspecified atom stereocenters. The number of aromatic nitrogens is 1. The SMILES string of the molecule is CC(C)C1CNCCN1c1cccc2cccnc12. The molecule has 1 atom stereocenters. The lowest BCUT2D eigenvalue weighted by atomic mass is 9.99. The molecule has 0 bridgehead atoms. The Morgan fingerprint density at radius 1 is 1.26 bits per heavy atom. The van der Waals surface area contributed by atoms with Crippen LogP contribution in [0.5, 0.6) is 0 Å². The van der Waals surface area contributed by atoms with Gasteiger partial charge in [0.15, 0.2) is 0 Å². The molecule has 0 radical (unpaired) electrons. The van der Waals surface area contributed by atoms with Crippen LogP contribution in [0, 0.1) is 5.92 Å². The number of anilines is 1. The van der Waals surface area contributed by atoms with Gasteiger partial charge in [0.1, 0.15) is 0 Å². The molecule has 1 aromatic heterocycles. The van der Waals surface area contributed by atoms with Crippen molar-refractivity contribution in [3.05, 3.63) is 36.5 Å². The highest BCUT2D eigenvalue weighted by molar-refractivity contribution is 5.90. The highest BCUT2D eigenvalue weighted by Crippen LogP contribution is 2.28. The van der Waals surface area contributed by atoms with Crippen molar-refractivity contribution in [1.82, 2.24) is 10.3 Å². The molecule has 0 spiro atoms. The van der Waals surface area contributed by atoms with Crippen LogP contribution >= 0.6 is 0 Å². The van der Waals surface area contributed by atoms with Gasteiger partial charge in [-0.25, -0.2) is 0 Å². The van der Waals surface area contributed by atoms with E-state index in [4.69, 9.17) is 0 Å². The Hall–Kier alpha value is -1.61. The number of pyridine rings is 1. The zero-order valence-corrected chi connectivity index (χ0v) is 11.6. The van der Waals surface area contributed by atoms with Crippen molar-refractivity contribution < 1.29 is 0 Å². The second kappa shape index (κ2) is 5.17. The van der Waals surface area contributed by atoms with Crippen molar-refractivity contribution in [3.8, 4) is 0 Å². The van der Waals surface area contributed by atoms with Crippen molar-refractivity contribution >= 4 is 16.6 Å². The van der Waals surface area contributed by atoms with Crippen molar-refractivity contribution in [2.24, 2.45) is 5.92 Å². The molecular formula is C16H21N3. The maximum Gasteiger partial charge on any atom is 0.0935 e. The van der Waals surface area contributed by atoms with Gasteiger partial charge < -0.3 is 10.2 Å². The molecule has 1 N–H and O–H groups in total. The molecule has 0 amide bonds. The van der Waals surface area contributed by atoms with Crippen molar-refractivity contribution in [2.45, 2.75) is 19.9 Å². The lowest BCUT2D eigenvalue weighted by Gasteiger charge is -2.40. The summed E-state index contributed by atoms with van der Waals surface area (Å²) in [5.74, 6) is 0.631. The minimum atomic E-state index is 0.543. The van der Waals surface area contributed by atoms with Crippen LogP contribution in [0.25, 0.3) is 10.9 Å². The smallest absolute Gasteiger partial charge is 0.0935 e. The first-order chi connectivity index (χ1) is 9.27. The average molecular weight is 255 g/mol. The van der Waals surface area contributed by atoms with Gasteiger partial charge in [0.25, 0.3) is 0 Å². The van der Waals surface area contributed by atoms with Crippen LogP contribution in [-0.2, 0) is 0 Å². The van der Waals surface area contributed by atoms with Crippen LogP contribution in [0.1, 0.15) is 13.8 Å². The average Bonchev–Trinajstić information content (AvgIpc) is 2.46. The van der Waals surface area contributed by atoms with Gasteiger partial charge in [-0.05, 0) is 18.1 Å². The highest BCUT2D eigenvalue weighted by Gasteiger charge is 2.26. The van der Waals surface area contributed by atoms with Crippen molar-refractivity contribution in [3.63, 3.8) is 0 Å². The fraction of sp³-hybridized carbons (Fsp3) is 0.438. The van der Waals surface area contributed by atoms with Crippen LogP contribution in [0.2, 0.25) is 0 Å². The predicted molar refractivity (Wildman–Crippen MR) is 80.6 cm³/mol. The topological polar surface area (TPSA) is 28.2 Å². The van der Waals surface area contributed by atoms with Crippen molar-refractivity contribution in [2.75, 3.05) is 24.5 Å². The van der Waals surface area contributed by atoms with E-state index in [1.54, 1.807) is 0 Å². The molecule has 3 rings (SSSR count). The third-order valence-electron chi connectivity index (χ3n) is 3.97. The number of nitrogens with one attached hydrogen (secondary N) is 1. The molecular weight excluding hydrogens is 234 g/mol. The molecule has 1 aliphatic rings. The number of rotatable bonds is 2.